The second kappa shape index (κ2) is 7.08. The summed E-state index contributed by atoms with van der Waals surface area (Å²) < 4.78 is 5.49. The lowest BCUT2D eigenvalue weighted by atomic mass is 9.78. The van der Waals surface area contributed by atoms with Crippen LogP contribution in [0.3, 0.4) is 0 Å². The number of aryl methyl sites for hydroxylation is 1. The van der Waals surface area contributed by atoms with E-state index in [2.05, 4.69) is 0 Å². The molecule has 1 fully saturated rings. The fourth-order valence-electron chi connectivity index (χ4n) is 4.05. The minimum Gasteiger partial charge on any atom is -0.423 e. The monoisotopic (exact) mass is 375 g/mol. The summed E-state index contributed by atoms with van der Waals surface area (Å²) in [6.45, 7) is 3.80. The van der Waals surface area contributed by atoms with E-state index in [9.17, 15) is 14.4 Å². The van der Waals surface area contributed by atoms with Crippen LogP contribution >= 0.6 is 0 Å². The number of hydrogen-bond donors (Lipinski definition) is 0. The van der Waals surface area contributed by atoms with E-state index in [1.807, 2.05) is 38.1 Å². The van der Waals surface area contributed by atoms with Gasteiger partial charge in [-0.2, -0.15) is 0 Å². The predicted molar refractivity (Wildman–Crippen MR) is 105 cm³/mol. The van der Waals surface area contributed by atoms with E-state index in [1.54, 1.807) is 36.4 Å². The van der Waals surface area contributed by atoms with Crippen LogP contribution in [0.15, 0.2) is 60.7 Å². The second-order valence-electron chi connectivity index (χ2n) is 7.37. The molecule has 2 aromatic carbocycles. The molecule has 4 rings (SSSR count). The number of amides is 2. The van der Waals surface area contributed by atoms with Crippen LogP contribution in [0, 0.1) is 24.7 Å². The molecule has 0 unspecified atom stereocenters. The SMILES string of the molecule is Cc1ccccc1C(=O)Oc1cccc(N2C(=O)[C@H]3[C@@H](C)C=CC[C@H]3C2=O)c1. The van der Waals surface area contributed by atoms with Crippen molar-refractivity contribution in [2.45, 2.75) is 20.3 Å². The number of imide groups is 1. The van der Waals surface area contributed by atoms with Crippen LogP contribution in [-0.2, 0) is 9.59 Å². The van der Waals surface area contributed by atoms with Gasteiger partial charge in [0, 0.05) is 6.07 Å². The van der Waals surface area contributed by atoms with Gasteiger partial charge in [-0.05, 0) is 43.0 Å². The van der Waals surface area contributed by atoms with Crippen LogP contribution in [0.1, 0.15) is 29.3 Å². The van der Waals surface area contributed by atoms with Crippen molar-refractivity contribution in [2.24, 2.45) is 17.8 Å². The third-order valence-corrected chi connectivity index (χ3v) is 5.52. The van der Waals surface area contributed by atoms with Crippen LogP contribution in [-0.4, -0.2) is 17.8 Å². The molecule has 2 aliphatic rings. The number of anilines is 1. The normalized spacial score (nSPS) is 23.6. The Morgan fingerprint density at radius 1 is 1.07 bits per heavy atom. The minimum absolute atomic E-state index is 0.0299. The number of esters is 1. The Labute approximate surface area is 163 Å². The highest BCUT2D eigenvalue weighted by Gasteiger charge is 2.50. The number of carbonyl (C=O) groups excluding carboxylic acids is 3. The standard InChI is InChI=1S/C23H21NO4/c1-14-7-3-4-11-18(14)23(27)28-17-10-6-9-16(13-17)24-21(25)19-12-5-8-15(2)20(19)22(24)26/h3-11,13,15,19-20H,12H2,1-2H3/t15-,19+,20-/m0/s1. The first-order valence-corrected chi connectivity index (χ1v) is 9.39. The highest BCUT2D eigenvalue weighted by Crippen LogP contribution is 2.40. The maximum atomic E-state index is 12.9. The van der Waals surface area contributed by atoms with Crippen molar-refractivity contribution < 1.29 is 19.1 Å². The van der Waals surface area contributed by atoms with Crippen LogP contribution < -0.4 is 9.64 Å². The van der Waals surface area contributed by atoms with Gasteiger partial charge in [-0.15, -0.1) is 0 Å². The Balaban J connectivity index is 1.59. The second-order valence-corrected chi connectivity index (χ2v) is 7.37. The van der Waals surface area contributed by atoms with Crippen molar-refractivity contribution in [1.29, 1.82) is 0 Å². The Morgan fingerprint density at radius 3 is 2.61 bits per heavy atom. The van der Waals surface area contributed by atoms with Crippen molar-refractivity contribution in [2.75, 3.05) is 4.90 Å². The van der Waals surface area contributed by atoms with Gasteiger partial charge >= 0.3 is 5.97 Å². The zero-order valence-electron chi connectivity index (χ0n) is 15.8. The van der Waals surface area contributed by atoms with Gasteiger partial charge in [0.15, 0.2) is 0 Å². The van der Waals surface area contributed by atoms with Crippen molar-refractivity contribution >= 4 is 23.5 Å². The molecular weight excluding hydrogens is 354 g/mol. The first-order valence-electron chi connectivity index (χ1n) is 9.39. The summed E-state index contributed by atoms with van der Waals surface area (Å²) in [5.41, 5.74) is 1.73. The Morgan fingerprint density at radius 2 is 1.86 bits per heavy atom. The summed E-state index contributed by atoms with van der Waals surface area (Å²) >= 11 is 0. The number of hydrogen-bond acceptors (Lipinski definition) is 4. The fourth-order valence-corrected chi connectivity index (χ4v) is 4.05. The average molecular weight is 375 g/mol. The van der Waals surface area contributed by atoms with Gasteiger partial charge in [0.2, 0.25) is 11.8 Å². The molecule has 3 atom stereocenters. The molecule has 0 N–H and O–H groups in total. The maximum Gasteiger partial charge on any atom is 0.343 e. The van der Waals surface area contributed by atoms with Crippen molar-refractivity contribution in [3.8, 4) is 5.75 Å². The molecular formula is C23H21NO4. The number of benzene rings is 2. The molecule has 0 saturated carbocycles. The predicted octanol–water partition coefficient (Wildman–Crippen LogP) is 3.92. The summed E-state index contributed by atoms with van der Waals surface area (Å²) in [5.74, 6) is -1.15. The summed E-state index contributed by atoms with van der Waals surface area (Å²) in [4.78, 5) is 39.5. The molecule has 0 radical (unpaired) electrons. The summed E-state index contributed by atoms with van der Waals surface area (Å²) in [6.07, 6.45) is 4.55. The number of rotatable bonds is 3. The summed E-state index contributed by atoms with van der Waals surface area (Å²) in [6, 6.07) is 13.8. The zero-order chi connectivity index (χ0) is 19.8. The molecule has 5 nitrogen and oxygen atoms in total. The molecule has 142 valence electrons. The van der Waals surface area contributed by atoms with E-state index >= 15 is 0 Å². The Hall–Kier alpha value is -3.21. The average Bonchev–Trinajstić information content (AvgIpc) is 2.94. The minimum atomic E-state index is -0.471. The summed E-state index contributed by atoms with van der Waals surface area (Å²) in [5, 5.41) is 0. The molecule has 1 heterocycles. The number of allylic oxidation sites excluding steroid dienone is 2. The number of carbonyl (C=O) groups is 3. The van der Waals surface area contributed by atoms with Gasteiger partial charge in [-0.1, -0.05) is 43.3 Å². The zero-order valence-corrected chi connectivity index (χ0v) is 15.8. The molecule has 2 aromatic rings. The third kappa shape index (κ3) is 3.03. The van der Waals surface area contributed by atoms with Gasteiger partial charge in [0.1, 0.15) is 5.75 Å². The third-order valence-electron chi connectivity index (χ3n) is 5.52. The molecule has 28 heavy (non-hydrogen) atoms. The smallest absolute Gasteiger partial charge is 0.343 e. The first-order chi connectivity index (χ1) is 13.5. The first kappa shape index (κ1) is 18.2. The lowest BCUT2D eigenvalue weighted by molar-refractivity contribution is -0.122. The molecule has 0 bridgehead atoms. The van der Waals surface area contributed by atoms with E-state index in [-0.39, 0.29) is 29.6 Å². The van der Waals surface area contributed by atoms with E-state index in [0.717, 1.165) is 5.56 Å². The van der Waals surface area contributed by atoms with Gasteiger partial charge in [-0.3, -0.25) is 9.59 Å². The molecule has 2 amide bonds. The lowest BCUT2D eigenvalue weighted by Gasteiger charge is -2.22. The number of fused-ring (bicyclic) bond motifs is 1. The Bertz CT molecular complexity index is 994. The quantitative estimate of drug-likeness (QED) is 0.353. The number of nitrogens with zero attached hydrogens (tertiary/aromatic N) is 1. The van der Waals surface area contributed by atoms with Gasteiger partial charge in [0.25, 0.3) is 0 Å². The highest BCUT2D eigenvalue weighted by atomic mass is 16.5. The van der Waals surface area contributed by atoms with E-state index in [0.29, 0.717) is 23.4 Å². The largest absolute Gasteiger partial charge is 0.423 e. The van der Waals surface area contributed by atoms with Crippen LogP contribution in [0.25, 0.3) is 0 Å². The topological polar surface area (TPSA) is 63.7 Å². The summed E-state index contributed by atoms with van der Waals surface area (Å²) in [7, 11) is 0. The Kier molecular flexibility index (Phi) is 4.59. The maximum absolute atomic E-state index is 12.9. The lowest BCUT2D eigenvalue weighted by Crippen LogP contribution is -2.31. The van der Waals surface area contributed by atoms with E-state index < -0.39 is 5.97 Å². The molecule has 1 aliphatic carbocycles. The molecule has 5 heteroatoms. The van der Waals surface area contributed by atoms with Crippen molar-refractivity contribution in [3.05, 3.63) is 71.8 Å². The van der Waals surface area contributed by atoms with E-state index in [1.165, 1.54) is 4.90 Å². The molecule has 1 aliphatic heterocycles. The van der Waals surface area contributed by atoms with Crippen molar-refractivity contribution in [3.63, 3.8) is 0 Å². The van der Waals surface area contributed by atoms with Crippen LogP contribution in [0.4, 0.5) is 5.69 Å². The van der Waals surface area contributed by atoms with Crippen molar-refractivity contribution in [1.82, 2.24) is 0 Å². The molecule has 0 aromatic heterocycles. The van der Waals surface area contributed by atoms with Gasteiger partial charge in [-0.25, -0.2) is 9.69 Å². The van der Waals surface area contributed by atoms with E-state index in [4.69, 9.17) is 4.74 Å². The van der Waals surface area contributed by atoms with Crippen LogP contribution in [0.2, 0.25) is 0 Å². The van der Waals surface area contributed by atoms with Gasteiger partial charge in [0.05, 0.1) is 23.1 Å². The van der Waals surface area contributed by atoms with Crippen LogP contribution in [0.5, 0.6) is 5.75 Å². The number of ether oxygens (including phenoxy) is 1. The fraction of sp³-hybridized carbons (Fsp3) is 0.261. The highest BCUT2D eigenvalue weighted by molar-refractivity contribution is 6.22. The van der Waals surface area contributed by atoms with Gasteiger partial charge < -0.3 is 4.74 Å². The molecule has 0 spiro atoms. The molecule has 1 saturated heterocycles.